The highest BCUT2D eigenvalue weighted by Gasteiger charge is 2.14. The van der Waals surface area contributed by atoms with Crippen molar-refractivity contribution >= 4 is 17.6 Å². The zero-order chi connectivity index (χ0) is 13.0. The maximum atomic E-state index is 11.6. The molecule has 0 aromatic carbocycles. The molecule has 0 aliphatic rings. The number of carbonyl (C=O) groups excluding carboxylic acids is 2. The third kappa shape index (κ3) is 3.82. The Bertz CT molecular complexity index is 424. The number of ether oxygens (including phenoxy) is 1. The van der Waals surface area contributed by atoms with Gasteiger partial charge in [0.15, 0.2) is 6.61 Å². The summed E-state index contributed by atoms with van der Waals surface area (Å²) in [6.07, 6.45) is 1.60. The number of anilines is 1. The molecule has 0 saturated heterocycles. The van der Waals surface area contributed by atoms with Crippen LogP contribution in [0.15, 0.2) is 12.3 Å². The van der Waals surface area contributed by atoms with Crippen LogP contribution < -0.4 is 11.1 Å². The average Bonchev–Trinajstić information content (AvgIpc) is 2.53. The van der Waals surface area contributed by atoms with Gasteiger partial charge in [-0.25, -0.2) is 4.79 Å². The van der Waals surface area contributed by atoms with Crippen molar-refractivity contribution < 1.29 is 14.3 Å². The molecule has 0 atom stereocenters. The van der Waals surface area contributed by atoms with Crippen LogP contribution in [0.1, 0.15) is 24.3 Å². The Morgan fingerprint density at radius 1 is 1.53 bits per heavy atom. The van der Waals surface area contributed by atoms with E-state index in [-0.39, 0.29) is 18.6 Å². The lowest BCUT2D eigenvalue weighted by molar-refractivity contribution is -0.124. The number of hydrogen-bond acceptors (Lipinski definition) is 4. The number of rotatable bonds is 4. The highest BCUT2D eigenvalue weighted by atomic mass is 16.5. The van der Waals surface area contributed by atoms with Gasteiger partial charge in [-0.05, 0) is 19.9 Å². The van der Waals surface area contributed by atoms with Crippen LogP contribution in [0.4, 0.5) is 5.69 Å². The minimum Gasteiger partial charge on any atom is -0.451 e. The van der Waals surface area contributed by atoms with Gasteiger partial charge in [0, 0.05) is 19.3 Å². The van der Waals surface area contributed by atoms with Crippen molar-refractivity contribution in [3.05, 3.63) is 18.0 Å². The van der Waals surface area contributed by atoms with Crippen LogP contribution in [-0.4, -0.2) is 29.1 Å². The Hall–Kier alpha value is -1.98. The topological polar surface area (TPSA) is 86.3 Å². The van der Waals surface area contributed by atoms with Gasteiger partial charge < -0.3 is 20.4 Å². The lowest BCUT2D eigenvalue weighted by atomic mass is 10.4. The summed E-state index contributed by atoms with van der Waals surface area (Å²) in [6.45, 7) is 3.37. The molecular formula is C11H17N3O3. The third-order valence-electron chi connectivity index (χ3n) is 2.02. The summed E-state index contributed by atoms with van der Waals surface area (Å²) in [5.41, 5.74) is 6.33. The molecule has 0 spiro atoms. The number of hydrogen-bond donors (Lipinski definition) is 2. The summed E-state index contributed by atoms with van der Waals surface area (Å²) < 4.78 is 6.41. The summed E-state index contributed by atoms with van der Waals surface area (Å²) in [6, 6.07) is 1.52. The lowest BCUT2D eigenvalue weighted by Gasteiger charge is -2.08. The molecule has 6 nitrogen and oxygen atoms in total. The van der Waals surface area contributed by atoms with Gasteiger partial charge in [-0.1, -0.05) is 0 Å². The van der Waals surface area contributed by atoms with Gasteiger partial charge in [0.25, 0.3) is 5.91 Å². The second-order valence-corrected chi connectivity index (χ2v) is 4.07. The number of aryl methyl sites for hydroxylation is 1. The lowest BCUT2D eigenvalue weighted by Crippen LogP contribution is -2.34. The van der Waals surface area contributed by atoms with Crippen LogP contribution in [0.25, 0.3) is 0 Å². The summed E-state index contributed by atoms with van der Waals surface area (Å²) in [4.78, 5) is 22.9. The Morgan fingerprint density at radius 3 is 2.65 bits per heavy atom. The standard InChI is InChI=1S/C11H17N3O3/c1-7(2)13-10(15)6-17-11(16)9-4-8(12)5-14(9)3/h4-5,7H,6,12H2,1-3H3,(H,13,15). The van der Waals surface area contributed by atoms with Crippen molar-refractivity contribution in [1.29, 1.82) is 0 Å². The molecule has 1 amide bonds. The zero-order valence-corrected chi connectivity index (χ0v) is 10.2. The molecule has 17 heavy (non-hydrogen) atoms. The van der Waals surface area contributed by atoms with Crippen molar-refractivity contribution in [2.45, 2.75) is 19.9 Å². The van der Waals surface area contributed by atoms with Crippen LogP contribution in [0.5, 0.6) is 0 Å². The first-order valence-electron chi connectivity index (χ1n) is 5.28. The van der Waals surface area contributed by atoms with Crippen molar-refractivity contribution in [2.24, 2.45) is 7.05 Å². The van der Waals surface area contributed by atoms with E-state index in [0.29, 0.717) is 11.4 Å². The predicted octanol–water partition coefficient (Wildman–Crippen LogP) is 0.289. The van der Waals surface area contributed by atoms with Crippen LogP contribution in [0.3, 0.4) is 0 Å². The SMILES string of the molecule is CC(C)NC(=O)COC(=O)c1cc(N)cn1C. The largest absolute Gasteiger partial charge is 0.451 e. The van der Waals surface area contributed by atoms with E-state index < -0.39 is 5.97 Å². The Kier molecular flexibility index (Phi) is 4.14. The molecule has 1 aromatic heterocycles. The summed E-state index contributed by atoms with van der Waals surface area (Å²) in [5.74, 6) is -0.890. The number of esters is 1. The van der Waals surface area contributed by atoms with E-state index in [0.717, 1.165) is 0 Å². The monoisotopic (exact) mass is 239 g/mol. The van der Waals surface area contributed by atoms with E-state index in [1.807, 2.05) is 13.8 Å². The minimum atomic E-state index is -0.567. The van der Waals surface area contributed by atoms with Gasteiger partial charge in [-0.15, -0.1) is 0 Å². The van der Waals surface area contributed by atoms with E-state index in [1.54, 1.807) is 17.8 Å². The first-order valence-corrected chi connectivity index (χ1v) is 5.28. The third-order valence-corrected chi connectivity index (χ3v) is 2.02. The highest BCUT2D eigenvalue weighted by molar-refractivity contribution is 5.91. The van der Waals surface area contributed by atoms with Crippen LogP contribution in [0.2, 0.25) is 0 Å². The molecule has 0 bridgehead atoms. The number of nitrogens with one attached hydrogen (secondary N) is 1. The maximum Gasteiger partial charge on any atom is 0.355 e. The second-order valence-electron chi connectivity index (χ2n) is 4.07. The quantitative estimate of drug-likeness (QED) is 0.739. The summed E-state index contributed by atoms with van der Waals surface area (Å²) in [7, 11) is 1.68. The van der Waals surface area contributed by atoms with E-state index in [9.17, 15) is 9.59 Å². The molecule has 1 aromatic rings. The van der Waals surface area contributed by atoms with E-state index >= 15 is 0 Å². The van der Waals surface area contributed by atoms with E-state index in [2.05, 4.69) is 5.32 Å². The van der Waals surface area contributed by atoms with Gasteiger partial charge in [-0.3, -0.25) is 4.79 Å². The Balaban J connectivity index is 2.50. The molecule has 3 N–H and O–H groups in total. The van der Waals surface area contributed by atoms with Crippen molar-refractivity contribution in [3.8, 4) is 0 Å². The van der Waals surface area contributed by atoms with E-state index in [4.69, 9.17) is 10.5 Å². The number of aromatic nitrogens is 1. The fraction of sp³-hybridized carbons (Fsp3) is 0.455. The molecule has 1 heterocycles. The normalized spacial score (nSPS) is 10.4. The molecule has 6 heteroatoms. The zero-order valence-electron chi connectivity index (χ0n) is 10.2. The molecule has 0 radical (unpaired) electrons. The van der Waals surface area contributed by atoms with Crippen LogP contribution in [-0.2, 0) is 16.6 Å². The van der Waals surface area contributed by atoms with Gasteiger partial charge >= 0.3 is 5.97 Å². The molecule has 0 aliphatic heterocycles. The fourth-order valence-electron chi connectivity index (χ4n) is 1.36. The molecule has 0 unspecified atom stereocenters. The fourth-order valence-corrected chi connectivity index (χ4v) is 1.36. The second kappa shape index (κ2) is 5.38. The number of nitrogens with two attached hydrogens (primary N) is 1. The number of carbonyl (C=O) groups is 2. The van der Waals surface area contributed by atoms with Gasteiger partial charge in [0.05, 0.1) is 5.69 Å². The molecule has 0 fully saturated rings. The molecule has 0 aliphatic carbocycles. The van der Waals surface area contributed by atoms with Crippen molar-refractivity contribution in [3.63, 3.8) is 0 Å². The summed E-state index contributed by atoms with van der Waals surface area (Å²) in [5, 5.41) is 2.62. The maximum absolute atomic E-state index is 11.6. The minimum absolute atomic E-state index is 0.0203. The molecular weight excluding hydrogens is 222 g/mol. The first kappa shape index (κ1) is 13.1. The number of amides is 1. The Labute approximate surface area is 99.7 Å². The molecule has 0 saturated carbocycles. The average molecular weight is 239 g/mol. The number of nitrogen functional groups attached to an aromatic ring is 1. The van der Waals surface area contributed by atoms with Gasteiger partial charge in [0.1, 0.15) is 5.69 Å². The van der Waals surface area contributed by atoms with E-state index in [1.165, 1.54) is 6.07 Å². The predicted molar refractivity (Wildman–Crippen MR) is 63.4 cm³/mol. The van der Waals surface area contributed by atoms with Crippen molar-refractivity contribution in [1.82, 2.24) is 9.88 Å². The van der Waals surface area contributed by atoms with Gasteiger partial charge in [-0.2, -0.15) is 0 Å². The van der Waals surface area contributed by atoms with Crippen LogP contribution >= 0.6 is 0 Å². The molecule has 1 rings (SSSR count). The smallest absolute Gasteiger partial charge is 0.355 e. The summed E-state index contributed by atoms with van der Waals surface area (Å²) >= 11 is 0. The Morgan fingerprint density at radius 2 is 2.18 bits per heavy atom. The van der Waals surface area contributed by atoms with Crippen LogP contribution in [0, 0.1) is 0 Å². The number of nitrogens with zero attached hydrogens (tertiary/aromatic N) is 1. The van der Waals surface area contributed by atoms with Gasteiger partial charge in [0.2, 0.25) is 0 Å². The highest BCUT2D eigenvalue weighted by Crippen LogP contribution is 2.09. The first-order chi connectivity index (χ1) is 7.90. The molecule has 94 valence electrons. The van der Waals surface area contributed by atoms with Crippen molar-refractivity contribution in [2.75, 3.05) is 12.3 Å².